The standard InChI is InChI=1S/C14H18I3NO/c1-4-18-11-7-12(14(11,2)3)19-13-9(16)5-8(15)6-10(13)17/h5-6,11-12,18H,4,7H2,1-3H3. The van der Waals surface area contributed by atoms with Crippen LogP contribution in [0.2, 0.25) is 0 Å². The molecule has 0 amide bonds. The van der Waals surface area contributed by atoms with Crippen molar-refractivity contribution in [3.8, 4) is 5.75 Å². The van der Waals surface area contributed by atoms with E-state index in [-0.39, 0.29) is 5.41 Å². The first-order valence-electron chi connectivity index (χ1n) is 6.40. The van der Waals surface area contributed by atoms with Crippen molar-refractivity contribution < 1.29 is 4.74 Å². The molecule has 0 bridgehead atoms. The van der Waals surface area contributed by atoms with E-state index in [1.165, 1.54) is 10.7 Å². The fourth-order valence-corrected chi connectivity index (χ4v) is 6.30. The molecule has 2 nitrogen and oxygen atoms in total. The van der Waals surface area contributed by atoms with Gasteiger partial charge < -0.3 is 10.1 Å². The van der Waals surface area contributed by atoms with Gasteiger partial charge in [0.1, 0.15) is 11.9 Å². The van der Waals surface area contributed by atoms with Gasteiger partial charge in [-0.1, -0.05) is 20.8 Å². The average Bonchev–Trinajstić information content (AvgIpc) is 2.30. The van der Waals surface area contributed by atoms with Crippen LogP contribution in [-0.2, 0) is 0 Å². The highest BCUT2D eigenvalue weighted by molar-refractivity contribution is 14.1. The number of nitrogens with one attached hydrogen (secondary N) is 1. The molecule has 5 heteroatoms. The molecule has 1 aliphatic rings. The Morgan fingerprint density at radius 3 is 2.32 bits per heavy atom. The molecule has 1 N–H and O–H groups in total. The summed E-state index contributed by atoms with van der Waals surface area (Å²) in [6.07, 6.45) is 1.40. The SMILES string of the molecule is CCNC1CC(Oc2c(I)cc(I)cc2I)C1(C)C. The monoisotopic (exact) mass is 597 g/mol. The Labute approximate surface area is 156 Å². The van der Waals surface area contributed by atoms with Crippen molar-refractivity contribution in [1.82, 2.24) is 5.32 Å². The first kappa shape index (κ1) is 16.5. The fourth-order valence-electron chi connectivity index (χ4n) is 2.46. The maximum atomic E-state index is 6.30. The predicted octanol–water partition coefficient (Wildman–Crippen LogP) is 4.66. The first-order chi connectivity index (χ1) is 8.86. The summed E-state index contributed by atoms with van der Waals surface area (Å²) in [5.74, 6) is 1.05. The van der Waals surface area contributed by atoms with Crippen molar-refractivity contribution in [3.63, 3.8) is 0 Å². The smallest absolute Gasteiger partial charge is 0.146 e. The highest BCUT2D eigenvalue weighted by Gasteiger charge is 2.49. The second-order valence-electron chi connectivity index (χ2n) is 5.47. The summed E-state index contributed by atoms with van der Waals surface area (Å²) in [6, 6.07) is 4.92. The molecule has 0 radical (unpaired) electrons. The number of rotatable bonds is 4. The van der Waals surface area contributed by atoms with Crippen LogP contribution in [0.5, 0.6) is 5.75 Å². The molecule has 1 aromatic rings. The van der Waals surface area contributed by atoms with Crippen LogP contribution in [0.15, 0.2) is 12.1 Å². The van der Waals surface area contributed by atoms with Crippen LogP contribution in [0.1, 0.15) is 27.2 Å². The van der Waals surface area contributed by atoms with Crippen LogP contribution >= 0.6 is 67.8 Å². The normalized spacial score (nSPS) is 24.9. The molecular weight excluding hydrogens is 579 g/mol. The van der Waals surface area contributed by atoms with Crippen LogP contribution < -0.4 is 10.1 Å². The average molecular weight is 597 g/mol. The van der Waals surface area contributed by atoms with Gasteiger partial charge in [-0.25, -0.2) is 0 Å². The molecule has 1 saturated carbocycles. The van der Waals surface area contributed by atoms with Crippen LogP contribution in [0.25, 0.3) is 0 Å². The summed E-state index contributed by atoms with van der Waals surface area (Å²) in [5.41, 5.74) is 0.200. The Balaban J connectivity index is 2.12. The van der Waals surface area contributed by atoms with Crippen molar-refractivity contribution in [1.29, 1.82) is 0 Å². The molecule has 19 heavy (non-hydrogen) atoms. The summed E-state index contributed by atoms with van der Waals surface area (Å²) < 4.78 is 9.97. The predicted molar refractivity (Wildman–Crippen MR) is 105 cm³/mol. The number of benzene rings is 1. The molecule has 0 aromatic heterocycles. The minimum atomic E-state index is 0.200. The summed E-state index contributed by atoms with van der Waals surface area (Å²) in [6.45, 7) is 7.77. The molecular formula is C14H18I3NO. The lowest BCUT2D eigenvalue weighted by atomic mass is 9.64. The number of hydrogen-bond acceptors (Lipinski definition) is 2. The highest BCUT2D eigenvalue weighted by Crippen LogP contribution is 2.44. The minimum absolute atomic E-state index is 0.200. The third-order valence-corrected chi connectivity index (χ3v) is 6.08. The molecule has 106 valence electrons. The van der Waals surface area contributed by atoms with E-state index in [1.807, 2.05) is 0 Å². The maximum Gasteiger partial charge on any atom is 0.146 e. The lowest BCUT2D eigenvalue weighted by Gasteiger charge is -2.51. The van der Waals surface area contributed by atoms with Gasteiger partial charge in [0.05, 0.1) is 7.14 Å². The summed E-state index contributed by atoms with van der Waals surface area (Å²) >= 11 is 7.09. The van der Waals surface area contributed by atoms with E-state index in [0.29, 0.717) is 12.1 Å². The molecule has 2 unspecified atom stereocenters. The third kappa shape index (κ3) is 3.50. The zero-order chi connectivity index (χ0) is 14.2. The second kappa shape index (κ2) is 6.51. The van der Waals surface area contributed by atoms with Crippen LogP contribution in [0.4, 0.5) is 0 Å². The summed E-state index contributed by atoms with van der Waals surface area (Å²) in [4.78, 5) is 0. The first-order valence-corrected chi connectivity index (χ1v) is 9.64. The van der Waals surface area contributed by atoms with Crippen LogP contribution in [0.3, 0.4) is 0 Å². The Kier molecular flexibility index (Phi) is 5.67. The molecule has 2 atom stereocenters. The Morgan fingerprint density at radius 1 is 1.26 bits per heavy atom. The zero-order valence-corrected chi connectivity index (χ0v) is 17.7. The van der Waals surface area contributed by atoms with E-state index in [4.69, 9.17) is 4.74 Å². The van der Waals surface area contributed by atoms with Crippen LogP contribution in [-0.4, -0.2) is 18.7 Å². The molecule has 0 aliphatic heterocycles. The molecule has 1 aliphatic carbocycles. The summed E-state index contributed by atoms with van der Waals surface area (Å²) in [7, 11) is 0. The van der Waals surface area contributed by atoms with Crippen molar-refractivity contribution in [2.75, 3.05) is 6.54 Å². The molecule has 0 heterocycles. The number of halogens is 3. The second-order valence-corrected chi connectivity index (χ2v) is 9.04. The Bertz CT molecular complexity index is 453. The van der Waals surface area contributed by atoms with E-state index in [2.05, 4.69) is 106 Å². The van der Waals surface area contributed by atoms with Crippen molar-refractivity contribution in [2.24, 2.45) is 5.41 Å². The van der Waals surface area contributed by atoms with E-state index in [9.17, 15) is 0 Å². The van der Waals surface area contributed by atoms with E-state index >= 15 is 0 Å². The molecule has 0 spiro atoms. The third-order valence-electron chi connectivity index (χ3n) is 3.85. The van der Waals surface area contributed by atoms with Gasteiger partial charge in [0.2, 0.25) is 0 Å². The van der Waals surface area contributed by atoms with Gasteiger partial charge in [-0.2, -0.15) is 0 Å². The Morgan fingerprint density at radius 2 is 1.84 bits per heavy atom. The molecule has 1 fully saturated rings. The highest BCUT2D eigenvalue weighted by atomic mass is 127. The van der Waals surface area contributed by atoms with Crippen molar-refractivity contribution in [2.45, 2.75) is 39.3 Å². The lowest BCUT2D eigenvalue weighted by Crippen LogP contribution is -2.62. The van der Waals surface area contributed by atoms with Gasteiger partial charge >= 0.3 is 0 Å². The Hall–Kier alpha value is 1.17. The van der Waals surface area contributed by atoms with Gasteiger partial charge in [-0.3, -0.25) is 0 Å². The molecule has 1 aromatic carbocycles. The quantitative estimate of drug-likeness (QED) is 0.511. The number of hydrogen-bond donors (Lipinski definition) is 1. The van der Waals surface area contributed by atoms with E-state index < -0.39 is 0 Å². The topological polar surface area (TPSA) is 21.3 Å². The molecule has 2 rings (SSSR count). The fraction of sp³-hybridized carbons (Fsp3) is 0.571. The van der Waals surface area contributed by atoms with Gasteiger partial charge in [0.25, 0.3) is 0 Å². The van der Waals surface area contributed by atoms with Gasteiger partial charge in [0, 0.05) is 21.4 Å². The van der Waals surface area contributed by atoms with Gasteiger partial charge in [-0.05, 0) is 86.5 Å². The summed E-state index contributed by atoms with van der Waals surface area (Å²) in [5, 5.41) is 3.54. The van der Waals surface area contributed by atoms with Crippen molar-refractivity contribution >= 4 is 67.8 Å². The van der Waals surface area contributed by atoms with Gasteiger partial charge in [0.15, 0.2) is 0 Å². The minimum Gasteiger partial charge on any atom is -0.488 e. The van der Waals surface area contributed by atoms with Gasteiger partial charge in [-0.15, -0.1) is 0 Å². The van der Waals surface area contributed by atoms with E-state index in [1.54, 1.807) is 0 Å². The zero-order valence-electron chi connectivity index (χ0n) is 11.3. The number of ether oxygens (including phenoxy) is 1. The van der Waals surface area contributed by atoms with E-state index in [0.717, 1.165) is 18.7 Å². The maximum absolute atomic E-state index is 6.30. The molecule has 0 saturated heterocycles. The largest absolute Gasteiger partial charge is 0.488 e. The lowest BCUT2D eigenvalue weighted by molar-refractivity contribution is -0.0550. The van der Waals surface area contributed by atoms with Crippen molar-refractivity contribution in [3.05, 3.63) is 22.8 Å². The van der Waals surface area contributed by atoms with Crippen LogP contribution in [0, 0.1) is 16.1 Å².